The zero-order valence-corrected chi connectivity index (χ0v) is 27.2. The van der Waals surface area contributed by atoms with Crippen molar-refractivity contribution in [2.24, 2.45) is 16.2 Å². The Morgan fingerprint density at radius 3 is 2.06 bits per heavy atom. The molecule has 0 radical (unpaired) electrons. The summed E-state index contributed by atoms with van der Waals surface area (Å²) in [7, 11) is 4.60. The van der Waals surface area contributed by atoms with Crippen molar-refractivity contribution in [2.45, 2.75) is 63.9 Å². The minimum Gasteiger partial charge on any atom is -0.465 e. The Labute approximate surface area is 275 Å². The molecule has 0 N–H and O–H groups in total. The normalized spacial score (nSPS) is 25.9. The molecule has 0 amide bonds. The average molecular weight is 682 g/mol. The van der Waals surface area contributed by atoms with Gasteiger partial charge in [-0.05, 0) is 56.2 Å². The van der Waals surface area contributed by atoms with E-state index in [4.69, 9.17) is 33.3 Å². The molecule has 262 valence electrons. The first kappa shape index (κ1) is 36.6. The van der Waals surface area contributed by atoms with Gasteiger partial charge >= 0.3 is 18.3 Å². The molecular formula is C32H38F3N3O10. The fourth-order valence-corrected chi connectivity index (χ4v) is 5.51. The number of oxime groups is 1. The first-order valence-corrected chi connectivity index (χ1v) is 15.1. The molecule has 2 heterocycles. The lowest BCUT2D eigenvalue weighted by molar-refractivity contribution is -0.305. The van der Waals surface area contributed by atoms with Crippen molar-refractivity contribution in [2.75, 3.05) is 39.6 Å². The maximum atomic E-state index is 13.3. The first-order valence-electron chi connectivity index (χ1n) is 15.1. The highest BCUT2D eigenvalue weighted by molar-refractivity contribution is 6.17. The molecule has 0 aliphatic carbocycles. The fraction of sp³-hybridized carbons (Fsp3) is 0.500. The number of carbonyl (C=O) groups is 2. The summed E-state index contributed by atoms with van der Waals surface area (Å²) in [5.41, 5.74) is 1.49. The number of hydrogen-bond donors (Lipinski definition) is 0. The molecule has 2 aliphatic heterocycles. The lowest BCUT2D eigenvalue weighted by Gasteiger charge is -2.42. The zero-order valence-electron chi connectivity index (χ0n) is 27.2. The Kier molecular flexibility index (Phi) is 12.4. The van der Waals surface area contributed by atoms with Crippen LogP contribution >= 0.6 is 0 Å². The van der Waals surface area contributed by atoms with Gasteiger partial charge in [0.15, 0.2) is 12.1 Å². The minimum atomic E-state index is -4.89. The summed E-state index contributed by atoms with van der Waals surface area (Å²) in [6.07, 6.45) is -6.15. The molecule has 0 aromatic heterocycles. The molecule has 48 heavy (non-hydrogen) atoms. The topological polar surface area (TPSA) is 136 Å². The van der Waals surface area contributed by atoms with E-state index in [1.54, 1.807) is 52.3 Å². The summed E-state index contributed by atoms with van der Waals surface area (Å²) in [6.45, 7) is 5.09. The lowest BCUT2D eigenvalue weighted by Crippen LogP contribution is -2.59. The van der Waals surface area contributed by atoms with Gasteiger partial charge in [-0.15, -0.1) is 13.2 Å². The maximum Gasteiger partial charge on any atom is 0.573 e. The smallest absolute Gasteiger partial charge is 0.465 e. The van der Waals surface area contributed by atoms with Crippen LogP contribution in [0.4, 0.5) is 18.9 Å². The van der Waals surface area contributed by atoms with Crippen molar-refractivity contribution in [3.63, 3.8) is 0 Å². The van der Waals surface area contributed by atoms with Gasteiger partial charge < -0.3 is 38.0 Å². The predicted octanol–water partition coefficient (Wildman–Crippen LogP) is 4.06. The maximum absolute atomic E-state index is 13.3. The van der Waals surface area contributed by atoms with Gasteiger partial charge in [-0.3, -0.25) is 4.79 Å². The predicted molar refractivity (Wildman–Crippen MR) is 165 cm³/mol. The fourth-order valence-electron chi connectivity index (χ4n) is 5.51. The number of anilines is 1. The monoisotopic (exact) mass is 681 g/mol. The summed E-state index contributed by atoms with van der Waals surface area (Å²) in [5, 5.41) is 9.88. The van der Waals surface area contributed by atoms with E-state index in [-0.39, 0.29) is 36.8 Å². The van der Waals surface area contributed by atoms with Gasteiger partial charge in [0.1, 0.15) is 23.9 Å². The van der Waals surface area contributed by atoms with Gasteiger partial charge in [-0.25, -0.2) is 9.80 Å². The molecule has 2 aromatic carbocycles. The van der Waals surface area contributed by atoms with Gasteiger partial charge in [-0.1, -0.05) is 29.4 Å². The second-order valence-corrected chi connectivity index (χ2v) is 10.6. The van der Waals surface area contributed by atoms with E-state index in [9.17, 15) is 22.8 Å². The molecule has 2 aliphatic rings. The van der Waals surface area contributed by atoms with Crippen molar-refractivity contribution in [1.29, 1.82) is 0 Å². The van der Waals surface area contributed by atoms with Crippen molar-refractivity contribution < 1.29 is 60.8 Å². The third-order valence-electron chi connectivity index (χ3n) is 7.61. The van der Waals surface area contributed by atoms with Gasteiger partial charge in [-0.2, -0.15) is 5.10 Å². The summed E-state index contributed by atoms with van der Waals surface area (Å²) >= 11 is 0. The molecule has 7 atom stereocenters. The number of alkyl halides is 3. The number of carbonyl (C=O) groups excluding carboxylic acids is 2. The first-order chi connectivity index (χ1) is 23.0. The molecule has 13 nitrogen and oxygen atoms in total. The van der Waals surface area contributed by atoms with E-state index in [0.29, 0.717) is 11.1 Å². The van der Waals surface area contributed by atoms with Crippen molar-refractivity contribution in [3.8, 4) is 5.75 Å². The van der Waals surface area contributed by atoms with E-state index >= 15 is 0 Å². The molecule has 16 heteroatoms. The van der Waals surface area contributed by atoms with Crippen molar-refractivity contribution >= 4 is 29.6 Å². The van der Waals surface area contributed by atoms with E-state index in [1.807, 2.05) is 6.92 Å². The van der Waals surface area contributed by atoms with Crippen LogP contribution in [0, 0.1) is 5.92 Å². The number of benzene rings is 2. The number of hydrogen-bond acceptors (Lipinski definition) is 13. The summed E-state index contributed by atoms with van der Waals surface area (Å²) in [5.74, 6) is -3.19. The highest BCUT2D eigenvalue weighted by Gasteiger charge is 2.50. The van der Waals surface area contributed by atoms with Gasteiger partial charge in [0.25, 0.3) is 6.29 Å². The number of hydrazone groups is 1. The lowest BCUT2D eigenvalue weighted by atomic mass is 9.90. The third kappa shape index (κ3) is 8.42. The molecule has 0 bridgehead atoms. The van der Waals surface area contributed by atoms with Crippen LogP contribution in [0.2, 0.25) is 0 Å². The van der Waals surface area contributed by atoms with Crippen LogP contribution in [0.1, 0.15) is 31.9 Å². The van der Waals surface area contributed by atoms with Crippen molar-refractivity contribution in [3.05, 3.63) is 59.7 Å². The molecule has 0 saturated carbocycles. The van der Waals surface area contributed by atoms with Crippen LogP contribution in [0.5, 0.6) is 5.75 Å². The molecule has 4 rings (SSSR count). The molecule has 0 spiro atoms. The SMILES string of the molecule is CCOC(=O)C1C(c2ccc(/C=N/O[C@@H]3O[C@@H](C)[C@H](OC)[C@@H](OC)[C@H]3OC)cc2)=NN(c2ccc(OC(F)(F)F)cc2)C1C(=O)OCC. The molecule has 1 saturated heterocycles. The van der Waals surface area contributed by atoms with Gasteiger partial charge in [0, 0.05) is 21.3 Å². The number of halogens is 3. The standard InChI is InChI=1S/C32H38F3N3O10/c1-7-44-29(39)23-24(37-38(25(23)30(40)45-8-2)21-13-15-22(16-14-21)47-32(33,34)35)20-11-9-19(10-12-20)17-36-48-31-28(43-6)27(42-5)26(41-4)18(3)46-31/h9-18,23,25-28,31H,7-8H2,1-6H3/b36-17+/t18-,23?,25?,26-,27+,28+,31-/m0/s1. The van der Waals surface area contributed by atoms with Crippen LogP contribution in [0.15, 0.2) is 58.8 Å². The summed E-state index contributed by atoms with van der Waals surface area (Å²) < 4.78 is 75.2. The van der Waals surface area contributed by atoms with Crippen LogP contribution in [-0.4, -0.2) is 102 Å². The number of esters is 2. The highest BCUT2D eigenvalue weighted by Crippen LogP contribution is 2.35. The molecular weight excluding hydrogens is 643 g/mol. The number of methoxy groups -OCH3 is 3. The Morgan fingerprint density at radius 1 is 0.896 bits per heavy atom. The number of ether oxygens (including phenoxy) is 7. The summed E-state index contributed by atoms with van der Waals surface area (Å²) in [4.78, 5) is 32.2. The average Bonchev–Trinajstić information content (AvgIpc) is 3.45. The van der Waals surface area contributed by atoms with Gasteiger partial charge in [0.05, 0.1) is 36.9 Å². The Hall–Kier alpha value is -4.25. The second-order valence-electron chi connectivity index (χ2n) is 10.6. The van der Waals surface area contributed by atoms with E-state index in [0.717, 1.165) is 12.1 Å². The van der Waals surface area contributed by atoms with E-state index in [2.05, 4.69) is 15.0 Å². The highest BCUT2D eigenvalue weighted by atomic mass is 19.4. The van der Waals surface area contributed by atoms with E-state index < -0.39 is 54.5 Å². The molecule has 2 unspecified atom stereocenters. The van der Waals surface area contributed by atoms with Crippen LogP contribution in [0.3, 0.4) is 0 Å². The molecule has 2 aromatic rings. The Morgan fingerprint density at radius 2 is 1.50 bits per heavy atom. The number of rotatable bonds is 13. The van der Waals surface area contributed by atoms with Crippen LogP contribution in [0.25, 0.3) is 0 Å². The summed E-state index contributed by atoms with van der Waals surface area (Å²) in [6, 6.07) is 10.1. The van der Waals surface area contributed by atoms with Crippen molar-refractivity contribution in [1.82, 2.24) is 0 Å². The quantitative estimate of drug-likeness (QED) is 0.172. The number of nitrogens with zero attached hydrogens (tertiary/aromatic N) is 3. The zero-order chi connectivity index (χ0) is 35.0. The molecule has 1 fully saturated rings. The van der Waals surface area contributed by atoms with E-state index in [1.165, 1.54) is 30.5 Å². The largest absolute Gasteiger partial charge is 0.573 e. The Bertz CT molecular complexity index is 1440. The van der Waals surface area contributed by atoms with Crippen LogP contribution in [-0.2, 0) is 42.8 Å². The second kappa shape index (κ2) is 16.2. The minimum absolute atomic E-state index is 0.0114. The Balaban J connectivity index is 1.60. The van der Waals surface area contributed by atoms with Gasteiger partial charge in [0.2, 0.25) is 0 Å². The third-order valence-corrected chi connectivity index (χ3v) is 7.61. The van der Waals surface area contributed by atoms with Crippen LogP contribution < -0.4 is 9.75 Å².